The molecule has 128 valence electrons. The fourth-order valence-electron chi connectivity index (χ4n) is 2.10. The number of hydrogen-bond donors (Lipinski definition) is 0. The maximum absolute atomic E-state index is 12.7. The van der Waals surface area contributed by atoms with Crippen LogP contribution < -0.4 is 0 Å². The molecular formula is C16H21F3N2O2. The molecule has 1 rings (SSSR count). The first-order valence-electron chi connectivity index (χ1n) is 7.19. The maximum Gasteiger partial charge on any atom is 0.406 e. The molecule has 1 aromatic carbocycles. The Morgan fingerprint density at radius 2 is 1.70 bits per heavy atom. The number of carbonyl (C=O) groups is 2. The molecule has 0 fully saturated rings. The summed E-state index contributed by atoms with van der Waals surface area (Å²) < 4.78 is 38.1. The lowest BCUT2D eigenvalue weighted by molar-refractivity contribution is -0.166. The number of halogens is 3. The van der Waals surface area contributed by atoms with E-state index in [0.29, 0.717) is 11.3 Å². The molecule has 0 aliphatic carbocycles. The Morgan fingerprint density at radius 3 is 2.17 bits per heavy atom. The van der Waals surface area contributed by atoms with Gasteiger partial charge in [-0.1, -0.05) is 37.3 Å². The molecule has 0 saturated heterocycles. The van der Waals surface area contributed by atoms with Gasteiger partial charge in [0.1, 0.15) is 13.1 Å². The highest BCUT2D eigenvalue weighted by Gasteiger charge is 2.35. The van der Waals surface area contributed by atoms with Crippen molar-refractivity contribution in [3.05, 3.63) is 35.9 Å². The van der Waals surface area contributed by atoms with Gasteiger partial charge in [-0.25, -0.2) is 0 Å². The molecule has 7 heteroatoms. The highest BCUT2D eigenvalue weighted by Crippen LogP contribution is 2.19. The van der Waals surface area contributed by atoms with Crippen molar-refractivity contribution in [1.29, 1.82) is 0 Å². The molecule has 0 radical (unpaired) electrons. The largest absolute Gasteiger partial charge is 0.406 e. The fraction of sp³-hybridized carbons (Fsp3) is 0.500. The lowest BCUT2D eigenvalue weighted by Crippen LogP contribution is -2.47. The number of benzene rings is 1. The second kappa shape index (κ2) is 7.99. The Hall–Kier alpha value is -2.05. The van der Waals surface area contributed by atoms with E-state index in [-0.39, 0.29) is 0 Å². The minimum absolute atomic E-state index is 0.324. The van der Waals surface area contributed by atoms with Crippen molar-refractivity contribution in [3.8, 4) is 0 Å². The maximum atomic E-state index is 12.7. The molecular weight excluding hydrogens is 309 g/mol. The van der Waals surface area contributed by atoms with E-state index in [2.05, 4.69) is 0 Å². The molecule has 0 N–H and O–H groups in total. The molecule has 1 atom stereocenters. The van der Waals surface area contributed by atoms with E-state index in [1.807, 2.05) is 18.2 Å². The lowest BCUT2D eigenvalue weighted by atomic mass is 10.00. The van der Waals surface area contributed by atoms with E-state index in [9.17, 15) is 22.8 Å². The molecule has 0 aromatic heterocycles. The van der Waals surface area contributed by atoms with E-state index in [0.717, 1.165) is 5.56 Å². The monoisotopic (exact) mass is 330 g/mol. The summed E-state index contributed by atoms with van der Waals surface area (Å²) in [4.78, 5) is 25.8. The average molecular weight is 330 g/mol. The molecule has 1 unspecified atom stereocenters. The molecule has 0 aliphatic rings. The van der Waals surface area contributed by atoms with Crippen LogP contribution in [0.1, 0.15) is 12.5 Å². The van der Waals surface area contributed by atoms with E-state index < -0.39 is 37.0 Å². The zero-order valence-electron chi connectivity index (χ0n) is 13.4. The van der Waals surface area contributed by atoms with Gasteiger partial charge in [0.15, 0.2) is 0 Å². The first-order valence-corrected chi connectivity index (χ1v) is 7.19. The number of nitrogens with zero attached hydrogens (tertiary/aromatic N) is 2. The number of rotatable bonds is 6. The van der Waals surface area contributed by atoms with Crippen LogP contribution >= 0.6 is 0 Å². The average Bonchev–Trinajstić information content (AvgIpc) is 2.45. The van der Waals surface area contributed by atoms with Gasteiger partial charge in [0, 0.05) is 20.0 Å². The number of hydrogen-bond acceptors (Lipinski definition) is 2. The molecule has 0 spiro atoms. The predicted octanol–water partition coefficient (Wildman–Crippen LogP) is 2.34. The van der Waals surface area contributed by atoms with Crippen molar-refractivity contribution in [3.63, 3.8) is 0 Å². The Kier molecular flexibility index (Phi) is 6.60. The van der Waals surface area contributed by atoms with Gasteiger partial charge >= 0.3 is 6.18 Å². The fourth-order valence-corrected chi connectivity index (χ4v) is 2.10. The number of carbonyl (C=O) groups excluding carboxylic acids is 2. The number of likely N-dealkylation sites (N-methyl/N-ethyl adjacent to an activating group) is 1. The third-order valence-corrected chi connectivity index (χ3v) is 3.31. The van der Waals surface area contributed by atoms with Crippen LogP contribution in [0.5, 0.6) is 0 Å². The minimum atomic E-state index is -4.55. The molecule has 0 saturated carbocycles. The van der Waals surface area contributed by atoms with Crippen LogP contribution in [0.3, 0.4) is 0 Å². The molecule has 4 nitrogen and oxygen atoms in total. The smallest absolute Gasteiger partial charge is 0.347 e. The Morgan fingerprint density at radius 1 is 1.13 bits per heavy atom. The third-order valence-electron chi connectivity index (χ3n) is 3.31. The van der Waals surface area contributed by atoms with Gasteiger partial charge in [0.2, 0.25) is 11.8 Å². The van der Waals surface area contributed by atoms with Crippen molar-refractivity contribution in [2.24, 2.45) is 5.92 Å². The first kappa shape index (κ1) is 19.0. The highest BCUT2D eigenvalue weighted by molar-refractivity contribution is 5.85. The van der Waals surface area contributed by atoms with Crippen LogP contribution in [0.2, 0.25) is 0 Å². The van der Waals surface area contributed by atoms with Crippen LogP contribution in [0.15, 0.2) is 30.3 Å². The van der Waals surface area contributed by atoms with Crippen molar-refractivity contribution < 1.29 is 22.8 Å². The van der Waals surface area contributed by atoms with E-state index >= 15 is 0 Å². The van der Waals surface area contributed by atoms with Crippen molar-refractivity contribution in [2.45, 2.75) is 19.5 Å². The van der Waals surface area contributed by atoms with Crippen molar-refractivity contribution in [1.82, 2.24) is 9.80 Å². The van der Waals surface area contributed by atoms with Crippen LogP contribution in [0.4, 0.5) is 13.2 Å². The second-order valence-electron chi connectivity index (χ2n) is 5.69. The Balaban J connectivity index is 2.82. The summed E-state index contributed by atoms with van der Waals surface area (Å²) in [6, 6.07) is 9.04. The summed E-state index contributed by atoms with van der Waals surface area (Å²) in [6.07, 6.45) is -4.22. The molecule has 0 bridgehead atoms. The summed E-state index contributed by atoms with van der Waals surface area (Å²) >= 11 is 0. The number of amides is 2. The van der Waals surface area contributed by atoms with E-state index in [1.54, 1.807) is 19.1 Å². The quantitative estimate of drug-likeness (QED) is 0.803. The molecule has 2 amide bonds. The summed E-state index contributed by atoms with van der Waals surface area (Å²) in [7, 11) is 2.87. The van der Waals surface area contributed by atoms with Gasteiger partial charge < -0.3 is 9.80 Å². The zero-order valence-corrected chi connectivity index (χ0v) is 13.4. The van der Waals surface area contributed by atoms with E-state index in [1.165, 1.54) is 19.0 Å². The van der Waals surface area contributed by atoms with Gasteiger partial charge in [0.05, 0.1) is 0 Å². The standard InChI is InChI=1S/C16H21F3N2O2/c1-12(9-13-7-5-4-6-8-13)15(23)21(11-16(17,18)19)10-14(22)20(2)3/h4-8,12H,9-11H2,1-3H3. The second-order valence-corrected chi connectivity index (χ2v) is 5.69. The molecule has 0 heterocycles. The summed E-state index contributed by atoms with van der Waals surface area (Å²) in [6.45, 7) is -0.437. The van der Waals surface area contributed by atoms with Gasteiger partial charge in [-0.3, -0.25) is 9.59 Å². The molecule has 0 aliphatic heterocycles. The third kappa shape index (κ3) is 6.71. The summed E-state index contributed by atoms with van der Waals surface area (Å²) in [5, 5.41) is 0. The van der Waals surface area contributed by atoms with Crippen LogP contribution in [0, 0.1) is 5.92 Å². The normalized spacial score (nSPS) is 12.6. The van der Waals surface area contributed by atoms with Crippen LogP contribution in [0.25, 0.3) is 0 Å². The Labute approximate surface area is 133 Å². The van der Waals surface area contributed by atoms with Gasteiger partial charge in [-0.15, -0.1) is 0 Å². The zero-order chi connectivity index (χ0) is 17.6. The van der Waals surface area contributed by atoms with Gasteiger partial charge in [0.25, 0.3) is 0 Å². The van der Waals surface area contributed by atoms with Gasteiger partial charge in [-0.05, 0) is 12.0 Å². The van der Waals surface area contributed by atoms with E-state index in [4.69, 9.17) is 0 Å². The Bertz CT molecular complexity index is 530. The van der Waals surface area contributed by atoms with Crippen molar-refractivity contribution in [2.75, 3.05) is 27.2 Å². The number of alkyl halides is 3. The van der Waals surface area contributed by atoms with Crippen LogP contribution in [-0.4, -0.2) is 55.0 Å². The minimum Gasteiger partial charge on any atom is -0.347 e. The SMILES string of the molecule is CC(Cc1ccccc1)C(=O)N(CC(=O)N(C)C)CC(F)(F)F. The predicted molar refractivity (Wildman–Crippen MR) is 80.6 cm³/mol. The lowest BCUT2D eigenvalue weighted by Gasteiger charge is -2.27. The highest BCUT2D eigenvalue weighted by atomic mass is 19.4. The summed E-state index contributed by atoms with van der Waals surface area (Å²) in [5.41, 5.74) is 0.860. The van der Waals surface area contributed by atoms with Crippen LogP contribution in [-0.2, 0) is 16.0 Å². The topological polar surface area (TPSA) is 40.6 Å². The summed E-state index contributed by atoms with van der Waals surface area (Å²) in [5.74, 6) is -1.87. The van der Waals surface area contributed by atoms with Crippen molar-refractivity contribution >= 4 is 11.8 Å². The first-order chi connectivity index (χ1) is 10.6. The molecule has 23 heavy (non-hydrogen) atoms. The molecule has 1 aromatic rings. The van der Waals surface area contributed by atoms with Gasteiger partial charge in [-0.2, -0.15) is 13.2 Å².